The van der Waals surface area contributed by atoms with Crippen LogP contribution in [-0.4, -0.2) is 14.5 Å². The molecular weight excluding hydrogens is 667 g/mol. The van der Waals surface area contributed by atoms with Crippen LogP contribution in [0.15, 0.2) is 168 Å². The minimum atomic E-state index is -0.211. The highest BCUT2D eigenvalue weighted by atomic mass is 32.1. The van der Waals surface area contributed by atoms with Gasteiger partial charge in [-0.05, 0) is 63.0 Å². The van der Waals surface area contributed by atoms with Crippen LogP contribution in [0, 0.1) is 0 Å². The van der Waals surface area contributed by atoms with Gasteiger partial charge in [0.15, 0.2) is 17.2 Å². The summed E-state index contributed by atoms with van der Waals surface area (Å²) in [5, 5.41) is 9.53. The molecule has 4 aromatic heterocycles. The van der Waals surface area contributed by atoms with Gasteiger partial charge in [-0.1, -0.05) is 133 Å². The Kier molecular flexibility index (Phi) is 5.15. The normalized spacial score (nSPS) is 13.2. The molecule has 0 radical (unpaired) electrons. The van der Waals surface area contributed by atoms with Crippen LogP contribution in [0.1, 0.15) is 5.48 Å². The zero-order chi connectivity index (χ0) is 38.1. The molecule has 12 aromatic rings. The molecule has 0 aliphatic carbocycles. The van der Waals surface area contributed by atoms with E-state index < -0.39 is 0 Å². The molecule has 0 spiro atoms. The summed E-state index contributed by atoms with van der Waals surface area (Å²) in [4.78, 5) is 10.3. The summed E-state index contributed by atoms with van der Waals surface area (Å²) in [7, 11) is 0. The third-order valence-electron chi connectivity index (χ3n) is 10.5. The number of thiophene rings is 1. The standard InChI is InChI=1S/C48H27N3OS/c1-2-12-31-27-32(26-23-28(31)11-1)29-21-24-30(25-22-29)47-49-43-36-16-6-9-19-39(36)52-45(43)48(50-47)51-38-18-8-5-15-35(38)41-33-13-3-4-14-34(33)42-37-17-7-10-20-40(37)53-46(42)44(41)51/h1-27H/i21D,22D,24D,25D. The average molecular weight is 698 g/mol. The van der Waals surface area contributed by atoms with Crippen molar-refractivity contribution in [3.63, 3.8) is 0 Å². The Morgan fingerprint density at radius 2 is 1.21 bits per heavy atom. The largest absolute Gasteiger partial charge is 0.450 e. The fourth-order valence-electron chi connectivity index (χ4n) is 8.10. The van der Waals surface area contributed by atoms with Crippen LogP contribution in [0.25, 0.3) is 114 Å². The van der Waals surface area contributed by atoms with Crippen molar-refractivity contribution in [1.29, 1.82) is 0 Å². The van der Waals surface area contributed by atoms with Gasteiger partial charge in [0.25, 0.3) is 0 Å². The van der Waals surface area contributed by atoms with Crippen LogP contribution in [0.5, 0.6) is 0 Å². The molecule has 5 heteroatoms. The predicted octanol–water partition coefficient (Wildman–Crippen LogP) is 13.5. The first-order valence-corrected chi connectivity index (χ1v) is 18.3. The Morgan fingerprint density at radius 1 is 0.547 bits per heavy atom. The van der Waals surface area contributed by atoms with Crippen LogP contribution in [0.2, 0.25) is 0 Å². The fourth-order valence-corrected chi connectivity index (χ4v) is 9.36. The number of nitrogens with zero attached hydrogens (tertiary/aromatic N) is 3. The van der Waals surface area contributed by atoms with Gasteiger partial charge in [-0.25, -0.2) is 9.97 Å². The number of furan rings is 1. The molecule has 53 heavy (non-hydrogen) atoms. The lowest BCUT2D eigenvalue weighted by molar-refractivity contribution is 0.662. The van der Waals surface area contributed by atoms with E-state index in [0.29, 0.717) is 28.1 Å². The van der Waals surface area contributed by atoms with Crippen molar-refractivity contribution in [2.45, 2.75) is 0 Å². The van der Waals surface area contributed by atoms with Gasteiger partial charge in [0.1, 0.15) is 11.1 Å². The maximum Gasteiger partial charge on any atom is 0.197 e. The minimum Gasteiger partial charge on any atom is -0.450 e. The molecular formula is C48H27N3OS. The maximum atomic E-state index is 9.43. The first kappa shape index (κ1) is 25.2. The minimum absolute atomic E-state index is 0.0289. The molecule has 4 heterocycles. The molecule has 0 N–H and O–H groups in total. The van der Waals surface area contributed by atoms with Crippen LogP contribution >= 0.6 is 11.3 Å². The number of para-hydroxylation sites is 2. The maximum absolute atomic E-state index is 9.43. The molecule has 0 aliphatic rings. The monoisotopic (exact) mass is 697 g/mol. The summed E-state index contributed by atoms with van der Waals surface area (Å²) in [6.07, 6.45) is 0. The molecule has 0 amide bonds. The number of fused-ring (bicyclic) bond motifs is 14. The van der Waals surface area contributed by atoms with Gasteiger partial charge in [-0.15, -0.1) is 11.3 Å². The van der Waals surface area contributed by atoms with E-state index in [1.165, 1.54) is 20.9 Å². The van der Waals surface area contributed by atoms with Gasteiger partial charge in [0, 0.05) is 37.2 Å². The number of aromatic nitrogens is 3. The van der Waals surface area contributed by atoms with Crippen LogP contribution in [-0.2, 0) is 0 Å². The second-order valence-corrected chi connectivity index (χ2v) is 14.4. The van der Waals surface area contributed by atoms with Gasteiger partial charge in [-0.2, -0.15) is 0 Å². The second-order valence-electron chi connectivity index (χ2n) is 13.4. The van der Waals surface area contributed by atoms with Crippen molar-refractivity contribution in [2.24, 2.45) is 0 Å². The molecule has 4 nitrogen and oxygen atoms in total. The van der Waals surface area contributed by atoms with Crippen molar-refractivity contribution in [2.75, 3.05) is 0 Å². The third-order valence-corrected chi connectivity index (χ3v) is 11.6. The highest BCUT2D eigenvalue weighted by Gasteiger charge is 2.25. The molecule has 8 aromatic carbocycles. The molecule has 0 bridgehead atoms. The van der Waals surface area contributed by atoms with Gasteiger partial charge < -0.3 is 4.42 Å². The number of rotatable bonds is 3. The van der Waals surface area contributed by atoms with Gasteiger partial charge in [-0.3, -0.25) is 4.57 Å². The highest BCUT2D eigenvalue weighted by molar-refractivity contribution is 7.27. The predicted molar refractivity (Wildman–Crippen MR) is 222 cm³/mol. The van der Waals surface area contributed by atoms with Crippen molar-refractivity contribution < 1.29 is 9.90 Å². The lowest BCUT2D eigenvalue weighted by Crippen LogP contribution is -2.02. The molecule has 12 rings (SSSR count). The number of hydrogen-bond donors (Lipinski definition) is 0. The van der Waals surface area contributed by atoms with E-state index >= 15 is 0 Å². The first-order valence-electron chi connectivity index (χ1n) is 19.5. The Labute approximate surface area is 312 Å². The van der Waals surface area contributed by atoms with Crippen molar-refractivity contribution in [3.05, 3.63) is 164 Å². The Morgan fingerprint density at radius 3 is 2.06 bits per heavy atom. The fraction of sp³-hybridized carbons (Fsp3) is 0. The Bertz CT molecular complexity index is 3690. The smallest absolute Gasteiger partial charge is 0.197 e. The number of hydrogen-bond acceptors (Lipinski definition) is 4. The van der Waals surface area contributed by atoms with E-state index in [-0.39, 0.29) is 41.1 Å². The van der Waals surface area contributed by atoms with E-state index in [1.54, 1.807) is 11.3 Å². The second kappa shape index (κ2) is 10.8. The average Bonchev–Trinajstić information content (AvgIpc) is 3.93. The topological polar surface area (TPSA) is 43.9 Å². The van der Waals surface area contributed by atoms with Crippen LogP contribution in [0.3, 0.4) is 0 Å². The summed E-state index contributed by atoms with van der Waals surface area (Å²) in [5.74, 6) is 0.548. The molecule has 0 fully saturated rings. The van der Waals surface area contributed by atoms with E-state index in [2.05, 4.69) is 71.3 Å². The van der Waals surface area contributed by atoms with E-state index in [1.807, 2.05) is 72.8 Å². The summed E-state index contributed by atoms with van der Waals surface area (Å²) in [5.41, 5.74) is 4.39. The summed E-state index contributed by atoms with van der Waals surface area (Å²) in [6, 6.07) is 46.0. The quantitative estimate of drug-likeness (QED) is 0.185. The first-order chi connectivity index (χ1) is 28.0. The van der Waals surface area contributed by atoms with Crippen LogP contribution < -0.4 is 0 Å². The lowest BCUT2D eigenvalue weighted by atomic mass is 9.99. The van der Waals surface area contributed by atoms with Gasteiger partial charge >= 0.3 is 0 Å². The SMILES string of the molecule is [2H]c1c([2H])c(-c2nc(-n3c4ccccc4c4c5ccccc5c5c6ccccc6sc5c43)c3oc4ccccc4c3n2)c([2H])c([2H])c1-c1ccc2ccccc2c1. The molecule has 0 unspecified atom stereocenters. The van der Waals surface area contributed by atoms with Crippen molar-refractivity contribution in [1.82, 2.24) is 14.5 Å². The Balaban J connectivity index is 1.23. The molecule has 0 saturated heterocycles. The van der Waals surface area contributed by atoms with Crippen LogP contribution in [0.4, 0.5) is 0 Å². The molecule has 0 atom stereocenters. The summed E-state index contributed by atoms with van der Waals surface area (Å²) >= 11 is 1.75. The zero-order valence-corrected chi connectivity index (χ0v) is 28.8. The lowest BCUT2D eigenvalue weighted by Gasteiger charge is -2.12. The van der Waals surface area contributed by atoms with Crippen molar-refractivity contribution in [3.8, 4) is 28.3 Å². The Hall–Kier alpha value is -6.82. The van der Waals surface area contributed by atoms with Crippen molar-refractivity contribution >= 4 is 96.9 Å². The van der Waals surface area contributed by atoms with Gasteiger partial charge in [0.2, 0.25) is 0 Å². The van der Waals surface area contributed by atoms with E-state index in [9.17, 15) is 5.48 Å². The summed E-state index contributed by atoms with van der Waals surface area (Å²) < 4.78 is 48.5. The summed E-state index contributed by atoms with van der Waals surface area (Å²) in [6.45, 7) is 0. The zero-order valence-electron chi connectivity index (χ0n) is 31.9. The van der Waals surface area contributed by atoms with E-state index in [0.717, 1.165) is 48.1 Å². The molecule has 0 aliphatic heterocycles. The van der Waals surface area contributed by atoms with Gasteiger partial charge in [0.05, 0.1) is 21.2 Å². The third kappa shape index (κ3) is 4.11. The molecule has 246 valence electrons. The highest BCUT2D eigenvalue weighted by Crippen LogP contribution is 2.48. The van der Waals surface area contributed by atoms with E-state index in [4.69, 9.17) is 14.4 Å². The molecule has 0 saturated carbocycles. The number of benzene rings is 8.